The van der Waals surface area contributed by atoms with Crippen LogP contribution in [0.2, 0.25) is 0 Å². The summed E-state index contributed by atoms with van der Waals surface area (Å²) in [7, 11) is 0. The Bertz CT molecular complexity index is 636. The molecule has 2 N–H and O–H groups in total. The Labute approximate surface area is 131 Å². The molecular weight excluding hydrogens is 327 g/mol. The van der Waals surface area contributed by atoms with Gasteiger partial charge in [0.1, 0.15) is 0 Å². The van der Waals surface area contributed by atoms with E-state index in [4.69, 9.17) is 0 Å². The summed E-state index contributed by atoms with van der Waals surface area (Å²) in [6, 6.07) is 4.36. The minimum absolute atomic E-state index is 0. The summed E-state index contributed by atoms with van der Waals surface area (Å²) in [5.41, 5.74) is 0.572. The molecule has 6 nitrogen and oxygen atoms in total. The van der Waals surface area contributed by atoms with E-state index in [0.717, 1.165) is 0 Å². The molecule has 116 valence electrons. The van der Waals surface area contributed by atoms with E-state index in [0.29, 0.717) is 5.65 Å². The van der Waals surface area contributed by atoms with Crippen molar-refractivity contribution < 1.29 is 13.6 Å². The van der Waals surface area contributed by atoms with Crippen LogP contribution in [-0.4, -0.2) is 39.0 Å². The van der Waals surface area contributed by atoms with Crippen molar-refractivity contribution in [1.29, 1.82) is 0 Å². The number of rotatable bonds is 2. The van der Waals surface area contributed by atoms with Crippen LogP contribution in [0.1, 0.15) is 6.42 Å². The highest BCUT2D eigenvalue weighted by Crippen LogP contribution is 2.25. The van der Waals surface area contributed by atoms with Crippen molar-refractivity contribution >= 4 is 42.3 Å². The van der Waals surface area contributed by atoms with Crippen molar-refractivity contribution in [3.63, 3.8) is 0 Å². The summed E-state index contributed by atoms with van der Waals surface area (Å²) in [5, 5.41) is 12.7. The van der Waals surface area contributed by atoms with Gasteiger partial charge in [0.2, 0.25) is 11.9 Å². The Morgan fingerprint density at radius 1 is 1.38 bits per heavy atom. The molecule has 2 aromatic heterocycles. The monoisotopic (exact) mass is 339 g/mol. The van der Waals surface area contributed by atoms with E-state index in [9.17, 15) is 13.6 Å². The summed E-state index contributed by atoms with van der Waals surface area (Å²) in [6.07, 6.45) is 1.18. The van der Waals surface area contributed by atoms with Crippen LogP contribution in [0, 0.1) is 0 Å². The molecule has 0 radical (unpaired) electrons. The van der Waals surface area contributed by atoms with E-state index >= 15 is 0 Å². The normalized spacial score (nSPS) is 19.6. The molecule has 3 heterocycles. The highest BCUT2D eigenvalue weighted by Gasteiger charge is 2.42. The number of nitrogens with one attached hydrogen (secondary N) is 2. The highest BCUT2D eigenvalue weighted by molar-refractivity contribution is 5.94. The van der Waals surface area contributed by atoms with Gasteiger partial charge in [0.05, 0.1) is 12.6 Å². The number of hydrogen-bond donors (Lipinski definition) is 2. The van der Waals surface area contributed by atoms with Gasteiger partial charge in [-0.2, -0.15) is 0 Å². The molecule has 1 unspecified atom stereocenters. The quantitative estimate of drug-likeness (QED) is 0.869. The molecule has 21 heavy (non-hydrogen) atoms. The fourth-order valence-corrected chi connectivity index (χ4v) is 2.02. The minimum Gasteiger partial charge on any atom is -0.300 e. The Balaban J connectivity index is 0.00000110. The van der Waals surface area contributed by atoms with Gasteiger partial charge < -0.3 is 0 Å². The Kier molecular flexibility index (Phi) is 5.43. The number of anilines is 1. The first kappa shape index (κ1) is 17.5. The van der Waals surface area contributed by atoms with Crippen molar-refractivity contribution in [3.05, 3.63) is 24.4 Å². The van der Waals surface area contributed by atoms with E-state index in [-0.39, 0.29) is 30.8 Å². The van der Waals surface area contributed by atoms with E-state index in [1.807, 2.05) is 0 Å². The number of pyridine rings is 1. The van der Waals surface area contributed by atoms with Crippen molar-refractivity contribution in [3.8, 4) is 0 Å². The van der Waals surface area contributed by atoms with Gasteiger partial charge in [0.15, 0.2) is 5.65 Å². The molecule has 3 rings (SSSR count). The van der Waals surface area contributed by atoms with E-state index in [1.54, 1.807) is 28.8 Å². The molecular formula is C11H13Cl2F2N5O. The van der Waals surface area contributed by atoms with Crippen LogP contribution in [-0.2, 0) is 4.79 Å². The van der Waals surface area contributed by atoms with Gasteiger partial charge in [0.25, 0.3) is 5.92 Å². The number of carbonyl (C=O) groups excluding carboxylic acids is 1. The van der Waals surface area contributed by atoms with Gasteiger partial charge in [-0.3, -0.25) is 19.8 Å². The number of carbonyl (C=O) groups is 1. The number of halogens is 4. The molecule has 0 bridgehead atoms. The topological polar surface area (TPSA) is 71.3 Å². The van der Waals surface area contributed by atoms with Crippen molar-refractivity contribution in [2.75, 3.05) is 11.9 Å². The number of amides is 1. The molecule has 1 saturated heterocycles. The van der Waals surface area contributed by atoms with E-state index in [2.05, 4.69) is 20.8 Å². The van der Waals surface area contributed by atoms with Gasteiger partial charge >= 0.3 is 0 Å². The van der Waals surface area contributed by atoms with Crippen LogP contribution >= 0.6 is 24.8 Å². The molecule has 2 aromatic rings. The molecule has 0 aromatic carbocycles. The third-order valence-corrected chi connectivity index (χ3v) is 2.98. The van der Waals surface area contributed by atoms with Crippen LogP contribution in [0.5, 0.6) is 0 Å². The molecule has 1 amide bonds. The zero-order valence-corrected chi connectivity index (χ0v) is 12.3. The fraction of sp³-hybridized carbons (Fsp3) is 0.364. The lowest BCUT2D eigenvalue weighted by molar-refractivity contribution is -0.118. The Hall–Kier alpha value is -1.51. The van der Waals surface area contributed by atoms with Gasteiger partial charge in [-0.05, 0) is 12.1 Å². The molecule has 10 heteroatoms. The third-order valence-electron chi connectivity index (χ3n) is 2.98. The highest BCUT2D eigenvalue weighted by atomic mass is 35.5. The molecule has 1 atom stereocenters. The first-order valence-corrected chi connectivity index (χ1v) is 5.77. The van der Waals surface area contributed by atoms with Gasteiger partial charge in [-0.25, -0.2) is 8.78 Å². The van der Waals surface area contributed by atoms with Crippen LogP contribution < -0.4 is 10.6 Å². The number of hydrogen-bond acceptors (Lipinski definition) is 4. The second kappa shape index (κ2) is 6.50. The zero-order valence-electron chi connectivity index (χ0n) is 10.6. The number of alkyl halides is 2. The Morgan fingerprint density at radius 3 is 2.81 bits per heavy atom. The summed E-state index contributed by atoms with van der Waals surface area (Å²) in [4.78, 5) is 11.9. The number of nitrogens with zero attached hydrogens (tertiary/aromatic N) is 3. The predicted octanol–water partition coefficient (Wildman–Crippen LogP) is 1.51. The van der Waals surface area contributed by atoms with Crippen LogP contribution in [0.4, 0.5) is 14.7 Å². The summed E-state index contributed by atoms with van der Waals surface area (Å²) in [5.74, 6) is -3.15. The van der Waals surface area contributed by atoms with E-state index in [1.165, 1.54) is 0 Å². The summed E-state index contributed by atoms with van der Waals surface area (Å²) < 4.78 is 27.6. The molecule has 1 aliphatic heterocycles. The maximum absolute atomic E-state index is 13.0. The standard InChI is InChI=1S/C11H11F2N5O.2ClH/c12-11(13)5-7(14-6-11)9(19)15-10-17-16-8-3-1-2-4-18(8)10;;/h1-4,7,14H,5-6H2,(H,15,17,19);2*1H. The number of aromatic nitrogens is 3. The number of fused-ring (bicyclic) bond motifs is 1. The maximum Gasteiger partial charge on any atom is 0.262 e. The lowest BCUT2D eigenvalue weighted by atomic mass is 10.2. The summed E-state index contributed by atoms with van der Waals surface area (Å²) >= 11 is 0. The predicted molar refractivity (Wildman–Crippen MR) is 77.5 cm³/mol. The van der Waals surface area contributed by atoms with Gasteiger partial charge in [-0.15, -0.1) is 35.0 Å². The molecule has 0 saturated carbocycles. The second-order valence-corrected chi connectivity index (χ2v) is 4.44. The summed E-state index contributed by atoms with van der Waals surface area (Å²) in [6.45, 7) is -0.480. The van der Waals surface area contributed by atoms with Crippen LogP contribution in [0.3, 0.4) is 0 Å². The van der Waals surface area contributed by atoms with Gasteiger partial charge in [0, 0.05) is 12.6 Å². The first-order valence-electron chi connectivity index (χ1n) is 5.77. The SMILES string of the molecule is Cl.Cl.O=C(Nc1nnc2ccccn12)C1CC(F)(F)CN1. The zero-order chi connectivity index (χ0) is 13.5. The lowest BCUT2D eigenvalue weighted by Gasteiger charge is -2.09. The first-order chi connectivity index (χ1) is 9.05. The molecule has 1 aliphatic rings. The van der Waals surface area contributed by atoms with Gasteiger partial charge in [-0.1, -0.05) is 6.07 Å². The van der Waals surface area contributed by atoms with Crippen molar-refractivity contribution in [2.45, 2.75) is 18.4 Å². The molecule has 0 spiro atoms. The largest absolute Gasteiger partial charge is 0.300 e. The smallest absolute Gasteiger partial charge is 0.262 e. The average molecular weight is 340 g/mol. The molecule has 1 fully saturated rings. The lowest BCUT2D eigenvalue weighted by Crippen LogP contribution is -2.36. The maximum atomic E-state index is 13.0. The van der Waals surface area contributed by atoms with Crippen molar-refractivity contribution in [2.24, 2.45) is 0 Å². The minimum atomic E-state index is -2.84. The van der Waals surface area contributed by atoms with E-state index < -0.39 is 30.8 Å². The van der Waals surface area contributed by atoms with Crippen LogP contribution in [0.25, 0.3) is 5.65 Å². The Morgan fingerprint density at radius 2 is 2.14 bits per heavy atom. The molecule has 0 aliphatic carbocycles. The van der Waals surface area contributed by atoms with Crippen LogP contribution in [0.15, 0.2) is 24.4 Å². The average Bonchev–Trinajstić information content (AvgIpc) is 2.94. The van der Waals surface area contributed by atoms with Crippen molar-refractivity contribution in [1.82, 2.24) is 19.9 Å². The second-order valence-electron chi connectivity index (χ2n) is 4.44. The third kappa shape index (κ3) is 3.58. The fourth-order valence-electron chi connectivity index (χ4n) is 2.02.